The van der Waals surface area contributed by atoms with E-state index in [0.717, 1.165) is 0 Å². The van der Waals surface area contributed by atoms with Crippen molar-refractivity contribution in [1.82, 2.24) is 0 Å². The van der Waals surface area contributed by atoms with E-state index in [4.69, 9.17) is 5.11 Å². The number of rotatable bonds is 9. The molecule has 0 rings (SSSR count). The van der Waals surface area contributed by atoms with Crippen molar-refractivity contribution in [2.45, 2.75) is 25.7 Å². The van der Waals surface area contributed by atoms with E-state index < -0.39 is 11.9 Å². The monoisotopic (exact) mass is 226 g/mol. The van der Waals surface area contributed by atoms with Gasteiger partial charge in [-0.1, -0.05) is 6.42 Å². The van der Waals surface area contributed by atoms with Gasteiger partial charge in [-0.25, -0.2) is 19.6 Å². The first-order chi connectivity index (χ1) is 7.72. The quantitative estimate of drug-likeness (QED) is 0.359. The first-order valence-corrected chi connectivity index (χ1v) is 5.02. The summed E-state index contributed by atoms with van der Waals surface area (Å²) in [6.45, 7) is 0.565. The standard InChI is InChI=1S/C10H14N2O4/c13-7-11-5-2-1-3-9(10(15)16)4-6-12-8-14/h9H,1-6H2,(H,15,16). The molecule has 0 aliphatic carbocycles. The summed E-state index contributed by atoms with van der Waals surface area (Å²) < 4.78 is 0. The summed E-state index contributed by atoms with van der Waals surface area (Å²) in [6.07, 6.45) is 4.96. The van der Waals surface area contributed by atoms with Crippen LogP contribution in [0.5, 0.6) is 0 Å². The van der Waals surface area contributed by atoms with Crippen molar-refractivity contribution >= 4 is 18.1 Å². The maximum atomic E-state index is 10.8. The number of aliphatic carboxylic acids is 1. The fourth-order valence-corrected chi connectivity index (χ4v) is 1.28. The summed E-state index contributed by atoms with van der Waals surface area (Å²) in [7, 11) is 0. The van der Waals surface area contributed by atoms with Crippen LogP contribution < -0.4 is 0 Å². The Bertz CT molecular complexity index is 304. The van der Waals surface area contributed by atoms with E-state index in [1.807, 2.05) is 0 Å². The summed E-state index contributed by atoms with van der Waals surface area (Å²) in [5.41, 5.74) is 0. The minimum absolute atomic E-state index is 0.187. The van der Waals surface area contributed by atoms with Crippen molar-refractivity contribution in [3.8, 4) is 0 Å². The lowest BCUT2D eigenvalue weighted by Gasteiger charge is -2.09. The number of hydrogen-bond donors (Lipinski definition) is 1. The van der Waals surface area contributed by atoms with Crippen LogP contribution in [0, 0.1) is 5.92 Å². The zero-order valence-corrected chi connectivity index (χ0v) is 8.89. The molecule has 6 nitrogen and oxygen atoms in total. The molecule has 0 saturated carbocycles. The van der Waals surface area contributed by atoms with Crippen molar-refractivity contribution in [2.24, 2.45) is 15.9 Å². The number of carboxylic acid groups (broad SMARTS) is 1. The van der Waals surface area contributed by atoms with Gasteiger partial charge >= 0.3 is 5.97 Å². The van der Waals surface area contributed by atoms with Crippen LogP contribution in [0.3, 0.4) is 0 Å². The molecule has 88 valence electrons. The Morgan fingerprint density at radius 3 is 2.25 bits per heavy atom. The van der Waals surface area contributed by atoms with E-state index >= 15 is 0 Å². The normalized spacial score (nSPS) is 11.0. The lowest BCUT2D eigenvalue weighted by molar-refractivity contribution is -0.142. The van der Waals surface area contributed by atoms with Crippen molar-refractivity contribution < 1.29 is 19.5 Å². The molecular weight excluding hydrogens is 212 g/mol. The number of unbranched alkanes of at least 4 members (excludes halogenated alkanes) is 1. The first-order valence-electron chi connectivity index (χ1n) is 5.02. The predicted octanol–water partition coefficient (Wildman–Crippen LogP) is 0.919. The highest BCUT2D eigenvalue weighted by atomic mass is 16.4. The predicted molar refractivity (Wildman–Crippen MR) is 55.6 cm³/mol. The second kappa shape index (κ2) is 9.77. The number of carbonyl (C=O) groups is 1. The minimum atomic E-state index is -0.889. The van der Waals surface area contributed by atoms with Crippen LogP contribution in [0.2, 0.25) is 0 Å². The van der Waals surface area contributed by atoms with E-state index in [-0.39, 0.29) is 6.54 Å². The molecule has 6 heteroatoms. The van der Waals surface area contributed by atoms with Gasteiger partial charge in [0.1, 0.15) is 0 Å². The Morgan fingerprint density at radius 1 is 1.06 bits per heavy atom. The number of carboxylic acids is 1. The topological polar surface area (TPSA) is 96.2 Å². The molecule has 1 N–H and O–H groups in total. The molecular formula is C10H14N2O4. The van der Waals surface area contributed by atoms with E-state index in [2.05, 4.69) is 9.98 Å². The van der Waals surface area contributed by atoms with Gasteiger partial charge in [0.25, 0.3) is 0 Å². The fraction of sp³-hybridized carbons (Fsp3) is 0.700. The zero-order chi connectivity index (χ0) is 12.2. The van der Waals surface area contributed by atoms with Gasteiger partial charge < -0.3 is 5.11 Å². The Labute approximate surface area is 93.1 Å². The minimum Gasteiger partial charge on any atom is -0.481 e. The SMILES string of the molecule is O=C=NCCCCC(CCN=C=O)C(=O)O. The van der Waals surface area contributed by atoms with Gasteiger partial charge in [-0.2, -0.15) is 0 Å². The smallest absolute Gasteiger partial charge is 0.306 e. The molecule has 16 heavy (non-hydrogen) atoms. The van der Waals surface area contributed by atoms with E-state index in [0.29, 0.717) is 32.2 Å². The molecule has 0 saturated heterocycles. The number of nitrogens with zero attached hydrogens (tertiary/aromatic N) is 2. The van der Waals surface area contributed by atoms with Crippen LogP contribution in [0.25, 0.3) is 0 Å². The van der Waals surface area contributed by atoms with Crippen LogP contribution >= 0.6 is 0 Å². The molecule has 0 amide bonds. The molecule has 1 atom stereocenters. The Balaban J connectivity index is 3.80. The summed E-state index contributed by atoms with van der Waals surface area (Å²) in [6, 6.07) is 0. The number of aliphatic imine (C=N–C) groups is 2. The molecule has 0 spiro atoms. The van der Waals surface area contributed by atoms with E-state index in [9.17, 15) is 14.4 Å². The first kappa shape index (κ1) is 14.2. The summed E-state index contributed by atoms with van der Waals surface area (Å²) in [5.74, 6) is -1.39. The third-order valence-corrected chi connectivity index (χ3v) is 2.14. The molecule has 0 aliphatic rings. The van der Waals surface area contributed by atoms with Crippen LogP contribution in [-0.4, -0.2) is 36.3 Å². The van der Waals surface area contributed by atoms with E-state index in [1.54, 1.807) is 0 Å². The van der Waals surface area contributed by atoms with Crippen molar-refractivity contribution in [3.63, 3.8) is 0 Å². The number of carbonyl (C=O) groups excluding carboxylic acids is 2. The molecule has 0 aromatic carbocycles. The highest BCUT2D eigenvalue weighted by molar-refractivity contribution is 5.69. The maximum Gasteiger partial charge on any atom is 0.306 e. The summed E-state index contributed by atoms with van der Waals surface area (Å²) >= 11 is 0. The van der Waals surface area contributed by atoms with Crippen molar-refractivity contribution in [2.75, 3.05) is 13.1 Å². The van der Waals surface area contributed by atoms with Crippen LogP contribution in [-0.2, 0) is 14.4 Å². The van der Waals surface area contributed by atoms with Gasteiger partial charge in [0.05, 0.1) is 19.0 Å². The van der Waals surface area contributed by atoms with Gasteiger partial charge in [-0.15, -0.1) is 0 Å². The third-order valence-electron chi connectivity index (χ3n) is 2.14. The highest BCUT2D eigenvalue weighted by Crippen LogP contribution is 2.13. The van der Waals surface area contributed by atoms with Gasteiger partial charge in [0.15, 0.2) is 0 Å². The average Bonchev–Trinajstić information content (AvgIpc) is 2.26. The van der Waals surface area contributed by atoms with Crippen molar-refractivity contribution in [1.29, 1.82) is 0 Å². The Hall–Kier alpha value is -1.77. The van der Waals surface area contributed by atoms with Gasteiger partial charge in [0, 0.05) is 0 Å². The lowest BCUT2D eigenvalue weighted by atomic mass is 9.98. The fourth-order valence-electron chi connectivity index (χ4n) is 1.28. The molecule has 0 bridgehead atoms. The average molecular weight is 226 g/mol. The van der Waals surface area contributed by atoms with Crippen molar-refractivity contribution in [3.05, 3.63) is 0 Å². The molecule has 1 unspecified atom stereocenters. The molecule has 0 heterocycles. The summed E-state index contributed by atoms with van der Waals surface area (Å²) in [5, 5.41) is 8.85. The van der Waals surface area contributed by atoms with Gasteiger partial charge in [-0.05, 0) is 19.3 Å². The van der Waals surface area contributed by atoms with Gasteiger partial charge in [-0.3, -0.25) is 4.79 Å². The second-order valence-electron chi connectivity index (χ2n) is 3.27. The van der Waals surface area contributed by atoms with Crippen LogP contribution in [0.1, 0.15) is 25.7 Å². The number of isocyanates is 2. The Kier molecular flexibility index (Phi) is 8.69. The molecule has 0 aromatic rings. The molecule has 0 radical (unpaired) electrons. The van der Waals surface area contributed by atoms with E-state index in [1.165, 1.54) is 12.2 Å². The summed E-state index contributed by atoms with van der Waals surface area (Å²) in [4.78, 5) is 37.0. The van der Waals surface area contributed by atoms with Gasteiger partial charge in [0.2, 0.25) is 12.2 Å². The zero-order valence-electron chi connectivity index (χ0n) is 8.89. The molecule has 0 aromatic heterocycles. The van der Waals surface area contributed by atoms with Crippen LogP contribution in [0.4, 0.5) is 0 Å². The number of hydrogen-bond acceptors (Lipinski definition) is 5. The lowest BCUT2D eigenvalue weighted by Crippen LogP contribution is -2.14. The third kappa shape index (κ3) is 7.62. The molecule has 0 fully saturated rings. The highest BCUT2D eigenvalue weighted by Gasteiger charge is 2.15. The second-order valence-corrected chi connectivity index (χ2v) is 3.27. The van der Waals surface area contributed by atoms with Crippen LogP contribution in [0.15, 0.2) is 9.98 Å². The molecule has 0 aliphatic heterocycles. The maximum absolute atomic E-state index is 10.8. The Morgan fingerprint density at radius 2 is 1.69 bits per heavy atom. The largest absolute Gasteiger partial charge is 0.481 e.